The molecule has 5 nitrogen and oxygen atoms in total. The summed E-state index contributed by atoms with van der Waals surface area (Å²) in [5.41, 5.74) is 1.72. The van der Waals surface area contributed by atoms with E-state index in [1.807, 2.05) is 57.2 Å². The number of rotatable bonds is 7. The Morgan fingerprint density at radius 2 is 1.62 bits per heavy atom. The fourth-order valence-electron chi connectivity index (χ4n) is 5.98. The van der Waals surface area contributed by atoms with E-state index < -0.39 is 25.8 Å². The zero-order valence-corrected chi connectivity index (χ0v) is 22.2. The highest BCUT2D eigenvalue weighted by atomic mass is 28.4. The van der Waals surface area contributed by atoms with Gasteiger partial charge < -0.3 is 19.2 Å². The molecule has 1 aromatic rings. The molecule has 2 heterocycles. The molecular weight excluding hydrogens is 418 g/mol. The van der Waals surface area contributed by atoms with E-state index in [9.17, 15) is 4.79 Å². The summed E-state index contributed by atoms with van der Waals surface area (Å²) in [6.07, 6.45) is 1.76. The molecule has 32 heavy (non-hydrogen) atoms. The summed E-state index contributed by atoms with van der Waals surface area (Å²) >= 11 is 0. The maximum atomic E-state index is 13.6. The maximum Gasteiger partial charge on any atom is 0.262 e. The molecular formula is C26H41NO4Si. The molecule has 0 aromatic heterocycles. The third-order valence-electron chi connectivity index (χ3n) is 7.13. The van der Waals surface area contributed by atoms with Crippen LogP contribution in [0.3, 0.4) is 0 Å². The minimum absolute atomic E-state index is 0.165. The Bertz CT molecular complexity index is 827. The molecule has 2 fully saturated rings. The average Bonchev–Trinajstić information content (AvgIpc) is 3.12. The lowest BCUT2D eigenvalue weighted by atomic mass is 9.89. The third-order valence-corrected chi connectivity index (χ3v) is 13.2. The van der Waals surface area contributed by atoms with Crippen molar-refractivity contribution in [2.45, 2.75) is 109 Å². The van der Waals surface area contributed by atoms with Gasteiger partial charge in [-0.05, 0) is 48.5 Å². The van der Waals surface area contributed by atoms with Crippen LogP contribution in [0.2, 0.25) is 16.6 Å². The monoisotopic (exact) mass is 459 g/mol. The molecule has 0 saturated carbocycles. The van der Waals surface area contributed by atoms with Gasteiger partial charge in [0.15, 0.2) is 5.79 Å². The van der Waals surface area contributed by atoms with Crippen LogP contribution < -0.4 is 5.32 Å². The smallest absolute Gasteiger partial charge is 0.262 e. The van der Waals surface area contributed by atoms with Crippen LogP contribution in [0.5, 0.6) is 0 Å². The largest absolute Gasteiger partial charge is 0.404 e. The molecule has 2 aliphatic rings. The van der Waals surface area contributed by atoms with E-state index in [0.29, 0.717) is 23.0 Å². The van der Waals surface area contributed by atoms with Crippen molar-refractivity contribution >= 4 is 20.3 Å². The van der Waals surface area contributed by atoms with Crippen molar-refractivity contribution in [1.82, 2.24) is 5.32 Å². The standard InChI is InChI=1S/C26H41NO4Si/c1-10-22-26(31-25(8,9)29-22)23(30-32(17(2)3,18(4)5)19(6)7)21(27-24(26)28)16-20-14-12-11-13-15-20/h11-19,22-23H,10H2,1-9H3,(H,27,28)/b21-16+/t22-,23-,26+/m0/s1. The van der Waals surface area contributed by atoms with Gasteiger partial charge in [0.1, 0.15) is 12.2 Å². The van der Waals surface area contributed by atoms with E-state index >= 15 is 0 Å². The topological polar surface area (TPSA) is 56.8 Å². The van der Waals surface area contributed by atoms with Gasteiger partial charge in [-0.15, -0.1) is 0 Å². The number of carbonyl (C=O) groups is 1. The Balaban J connectivity index is 2.20. The van der Waals surface area contributed by atoms with Crippen molar-refractivity contribution in [3.63, 3.8) is 0 Å². The number of benzene rings is 1. The van der Waals surface area contributed by atoms with Crippen LogP contribution in [-0.2, 0) is 18.7 Å². The van der Waals surface area contributed by atoms with Gasteiger partial charge in [0.25, 0.3) is 5.91 Å². The molecule has 1 N–H and O–H groups in total. The van der Waals surface area contributed by atoms with Crippen LogP contribution >= 0.6 is 0 Å². The second kappa shape index (κ2) is 9.05. The number of carbonyl (C=O) groups excluding carboxylic acids is 1. The first-order chi connectivity index (χ1) is 14.9. The van der Waals surface area contributed by atoms with Crippen molar-refractivity contribution in [3.8, 4) is 0 Å². The summed E-state index contributed by atoms with van der Waals surface area (Å²) in [6.45, 7) is 19.4. The van der Waals surface area contributed by atoms with Gasteiger partial charge in [0, 0.05) is 5.70 Å². The molecule has 2 saturated heterocycles. The van der Waals surface area contributed by atoms with Gasteiger partial charge in [0.2, 0.25) is 13.9 Å². The Morgan fingerprint density at radius 3 is 2.12 bits per heavy atom. The first kappa shape index (κ1) is 25.2. The summed E-state index contributed by atoms with van der Waals surface area (Å²) in [7, 11) is -2.33. The minimum Gasteiger partial charge on any atom is -0.404 e. The molecule has 1 amide bonds. The maximum absolute atomic E-state index is 13.6. The van der Waals surface area contributed by atoms with Crippen LogP contribution in [-0.4, -0.2) is 37.8 Å². The van der Waals surface area contributed by atoms with Crippen molar-refractivity contribution < 1.29 is 18.7 Å². The van der Waals surface area contributed by atoms with Gasteiger partial charge in [-0.2, -0.15) is 0 Å². The van der Waals surface area contributed by atoms with Crippen molar-refractivity contribution in [3.05, 3.63) is 41.6 Å². The SMILES string of the molecule is CC[C@@H]1OC(C)(C)O[C@]12C(=O)N/C(=C/c1ccccc1)[C@@H]2O[Si](C(C)C)(C(C)C)C(C)C. The molecule has 2 aliphatic heterocycles. The van der Waals surface area contributed by atoms with Crippen LogP contribution in [0.25, 0.3) is 6.08 Å². The summed E-state index contributed by atoms with van der Waals surface area (Å²) in [5.74, 6) is -1.03. The fourth-order valence-corrected chi connectivity index (χ4v) is 11.5. The van der Waals surface area contributed by atoms with Crippen LogP contribution in [0.1, 0.15) is 74.3 Å². The number of hydrogen-bond donors (Lipinski definition) is 1. The quantitative estimate of drug-likeness (QED) is 0.507. The van der Waals surface area contributed by atoms with Gasteiger partial charge in [-0.25, -0.2) is 0 Å². The summed E-state index contributed by atoms with van der Waals surface area (Å²) in [6, 6.07) is 10.1. The molecule has 6 heteroatoms. The van der Waals surface area contributed by atoms with Gasteiger partial charge in [-0.3, -0.25) is 4.79 Å². The zero-order valence-electron chi connectivity index (χ0n) is 21.2. The molecule has 3 atom stereocenters. The van der Waals surface area contributed by atoms with E-state index in [-0.39, 0.29) is 12.0 Å². The zero-order chi connectivity index (χ0) is 23.9. The van der Waals surface area contributed by atoms with E-state index in [0.717, 1.165) is 11.3 Å². The number of amides is 1. The molecule has 1 aromatic carbocycles. The number of ether oxygens (including phenoxy) is 2. The predicted molar refractivity (Wildman–Crippen MR) is 132 cm³/mol. The van der Waals surface area contributed by atoms with Crippen molar-refractivity contribution in [1.29, 1.82) is 0 Å². The lowest BCUT2D eigenvalue weighted by molar-refractivity contribution is -0.180. The lowest BCUT2D eigenvalue weighted by Gasteiger charge is -2.46. The normalized spacial score (nSPS) is 29.1. The lowest BCUT2D eigenvalue weighted by Crippen LogP contribution is -2.60. The highest BCUT2D eigenvalue weighted by Crippen LogP contribution is 2.51. The van der Waals surface area contributed by atoms with Gasteiger partial charge in [-0.1, -0.05) is 78.8 Å². The van der Waals surface area contributed by atoms with E-state index in [1.54, 1.807) is 0 Å². The number of nitrogens with one attached hydrogen (secondary N) is 1. The summed E-state index contributed by atoms with van der Waals surface area (Å²) < 4.78 is 20.0. The number of hydrogen-bond acceptors (Lipinski definition) is 4. The summed E-state index contributed by atoms with van der Waals surface area (Å²) in [4.78, 5) is 13.6. The molecule has 0 radical (unpaired) electrons. The first-order valence-electron chi connectivity index (χ1n) is 12.0. The van der Waals surface area contributed by atoms with E-state index in [2.05, 4.69) is 46.9 Å². The van der Waals surface area contributed by atoms with Crippen LogP contribution in [0, 0.1) is 0 Å². The molecule has 178 valence electrons. The Labute approximate surface area is 195 Å². The fraction of sp³-hybridized carbons (Fsp3) is 0.654. The third kappa shape index (κ3) is 4.11. The second-order valence-corrected chi connectivity index (χ2v) is 16.0. The molecule has 1 spiro atoms. The Morgan fingerprint density at radius 1 is 1.06 bits per heavy atom. The first-order valence-corrected chi connectivity index (χ1v) is 14.2. The van der Waals surface area contributed by atoms with Gasteiger partial charge in [0.05, 0.1) is 0 Å². The molecule has 0 unspecified atom stereocenters. The Kier molecular flexibility index (Phi) is 7.11. The van der Waals surface area contributed by atoms with Crippen molar-refractivity contribution in [2.24, 2.45) is 0 Å². The average molecular weight is 460 g/mol. The second-order valence-electron chi connectivity index (χ2n) is 10.6. The van der Waals surface area contributed by atoms with Crippen molar-refractivity contribution in [2.75, 3.05) is 0 Å². The summed E-state index contributed by atoms with van der Waals surface area (Å²) in [5, 5.41) is 3.14. The minimum atomic E-state index is -2.33. The molecule has 0 bridgehead atoms. The highest BCUT2D eigenvalue weighted by Gasteiger charge is 2.68. The highest BCUT2D eigenvalue weighted by molar-refractivity contribution is 6.77. The van der Waals surface area contributed by atoms with Gasteiger partial charge >= 0.3 is 0 Å². The molecule has 3 rings (SSSR count). The van der Waals surface area contributed by atoms with E-state index in [1.165, 1.54) is 0 Å². The molecule has 0 aliphatic carbocycles. The Hall–Kier alpha value is -1.47. The van der Waals surface area contributed by atoms with E-state index in [4.69, 9.17) is 13.9 Å². The van der Waals surface area contributed by atoms with Crippen LogP contribution in [0.4, 0.5) is 0 Å². The van der Waals surface area contributed by atoms with Crippen LogP contribution in [0.15, 0.2) is 36.0 Å². The predicted octanol–water partition coefficient (Wildman–Crippen LogP) is 6.02.